The Morgan fingerprint density at radius 2 is 1.84 bits per heavy atom. The van der Waals surface area contributed by atoms with Crippen molar-refractivity contribution < 1.29 is 4.39 Å². The van der Waals surface area contributed by atoms with E-state index < -0.39 is 0 Å². The van der Waals surface area contributed by atoms with Gasteiger partial charge >= 0.3 is 0 Å². The second-order valence-electron chi connectivity index (χ2n) is 6.11. The Morgan fingerprint density at radius 1 is 1.21 bits per heavy atom. The van der Waals surface area contributed by atoms with Crippen molar-refractivity contribution in [2.45, 2.75) is 39.2 Å². The Hall–Kier alpha value is -0.540. The summed E-state index contributed by atoms with van der Waals surface area (Å²) in [6.45, 7) is 7.59. The zero-order valence-corrected chi connectivity index (χ0v) is 13.3. The molecule has 3 heteroatoms. The molecule has 19 heavy (non-hydrogen) atoms. The molecular formula is C16H26FNS. The topological polar surface area (TPSA) is 12.0 Å². The summed E-state index contributed by atoms with van der Waals surface area (Å²) in [6.07, 6.45) is 4.36. The van der Waals surface area contributed by atoms with Crippen molar-refractivity contribution in [2.24, 2.45) is 5.92 Å². The van der Waals surface area contributed by atoms with E-state index >= 15 is 0 Å². The Labute approximate surface area is 121 Å². The lowest BCUT2D eigenvalue weighted by molar-refractivity contribution is 0.364. The maximum Gasteiger partial charge on any atom is 0.123 e. The maximum atomic E-state index is 12.9. The maximum absolute atomic E-state index is 12.9. The van der Waals surface area contributed by atoms with Crippen molar-refractivity contribution in [3.63, 3.8) is 0 Å². The van der Waals surface area contributed by atoms with Crippen LogP contribution >= 0.6 is 11.8 Å². The third-order valence-electron chi connectivity index (χ3n) is 3.09. The van der Waals surface area contributed by atoms with E-state index in [1.807, 2.05) is 23.9 Å². The molecule has 1 aromatic rings. The van der Waals surface area contributed by atoms with Crippen molar-refractivity contribution in [2.75, 3.05) is 18.6 Å². The molecule has 1 unspecified atom stereocenters. The number of hydrogen-bond donors (Lipinski definition) is 1. The van der Waals surface area contributed by atoms with Gasteiger partial charge in [-0.3, -0.25) is 0 Å². The van der Waals surface area contributed by atoms with Gasteiger partial charge in [0.1, 0.15) is 5.82 Å². The number of thioether (sulfide) groups is 1. The lowest BCUT2D eigenvalue weighted by Crippen LogP contribution is -2.39. The fraction of sp³-hybridized carbons (Fsp3) is 0.625. The largest absolute Gasteiger partial charge is 0.312 e. The molecule has 1 N–H and O–H groups in total. The summed E-state index contributed by atoms with van der Waals surface area (Å²) >= 11 is 1.89. The SMILES string of the molecule is CSCCC(CNC(C)(C)C)Cc1ccc(F)cc1. The van der Waals surface area contributed by atoms with Crippen LogP contribution in [0.2, 0.25) is 0 Å². The first-order valence-corrected chi connectivity index (χ1v) is 8.28. The van der Waals surface area contributed by atoms with Crippen molar-refractivity contribution in [1.82, 2.24) is 5.32 Å². The quantitative estimate of drug-likeness (QED) is 0.807. The molecule has 0 saturated heterocycles. The highest BCUT2D eigenvalue weighted by molar-refractivity contribution is 7.98. The van der Waals surface area contributed by atoms with Crippen LogP contribution in [0.5, 0.6) is 0 Å². The zero-order valence-electron chi connectivity index (χ0n) is 12.5. The minimum atomic E-state index is -0.155. The summed E-state index contributed by atoms with van der Waals surface area (Å²) in [6, 6.07) is 6.91. The minimum Gasteiger partial charge on any atom is -0.312 e. The third-order valence-corrected chi connectivity index (χ3v) is 3.73. The van der Waals surface area contributed by atoms with Crippen LogP contribution in [0.15, 0.2) is 24.3 Å². The number of halogens is 1. The van der Waals surface area contributed by atoms with E-state index in [2.05, 4.69) is 32.3 Å². The van der Waals surface area contributed by atoms with Gasteiger partial charge in [0, 0.05) is 5.54 Å². The second kappa shape index (κ2) is 7.91. The van der Waals surface area contributed by atoms with Gasteiger partial charge in [0.15, 0.2) is 0 Å². The van der Waals surface area contributed by atoms with E-state index in [0.29, 0.717) is 5.92 Å². The lowest BCUT2D eigenvalue weighted by atomic mass is 9.95. The normalized spacial score (nSPS) is 13.5. The average Bonchev–Trinajstić information content (AvgIpc) is 2.34. The molecule has 1 aromatic carbocycles. The van der Waals surface area contributed by atoms with Crippen LogP contribution in [0.25, 0.3) is 0 Å². The van der Waals surface area contributed by atoms with Gasteiger partial charge in [-0.15, -0.1) is 0 Å². The first kappa shape index (κ1) is 16.5. The van der Waals surface area contributed by atoms with Crippen LogP contribution in [-0.2, 0) is 6.42 Å². The first-order chi connectivity index (χ1) is 8.90. The molecule has 0 fully saturated rings. The van der Waals surface area contributed by atoms with Gasteiger partial charge in [0.25, 0.3) is 0 Å². The predicted molar refractivity (Wildman–Crippen MR) is 84.3 cm³/mol. The summed E-state index contributed by atoms with van der Waals surface area (Å²) in [5.74, 6) is 1.63. The summed E-state index contributed by atoms with van der Waals surface area (Å²) in [4.78, 5) is 0. The molecule has 0 aromatic heterocycles. The Kier molecular flexibility index (Phi) is 6.87. The van der Waals surface area contributed by atoms with E-state index in [9.17, 15) is 4.39 Å². The first-order valence-electron chi connectivity index (χ1n) is 6.89. The molecule has 0 aliphatic rings. The smallest absolute Gasteiger partial charge is 0.123 e. The van der Waals surface area contributed by atoms with Crippen molar-refractivity contribution >= 4 is 11.8 Å². The van der Waals surface area contributed by atoms with Gasteiger partial charge in [0.05, 0.1) is 0 Å². The molecule has 0 spiro atoms. The highest BCUT2D eigenvalue weighted by Crippen LogP contribution is 2.16. The van der Waals surface area contributed by atoms with Crippen molar-refractivity contribution in [3.8, 4) is 0 Å². The molecule has 1 nitrogen and oxygen atoms in total. The zero-order chi connectivity index (χ0) is 14.3. The summed E-state index contributed by atoms with van der Waals surface area (Å²) in [5.41, 5.74) is 1.38. The summed E-state index contributed by atoms with van der Waals surface area (Å²) in [5, 5.41) is 3.58. The van der Waals surface area contributed by atoms with Gasteiger partial charge in [-0.25, -0.2) is 4.39 Å². The molecule has 0 radical (unpaired) electrons. The van der Waals surface area contributed by atoms with Gasteiger partial charge in [0.2, 0.25) is 0 Å². The van der Waals surface area contributed by atoms with E-state index in [4.69, 9.17) is 0 Å². The lowest BCUT2D eigenvalue weighted by Gasteiger charge is -2.25. The monoisotopic (exact) mass is 283 g/mol. The molecule has 1 rings (SSSR count). The molecule has 0 heterocycles. The number of rotatable bonds is 7. The van der Waals surface area contributed by atoms with Crippen LogP contribution < -0.4 is 5.32 Å². The van der Waals surface area contributed by atoms with E-state index in [1.165, 1.54) is 17.7 Å². The molecule has 0 bridgehead atoms. The molecule has 0 amide bonds. The standard InChI is InChI=1S/C16H26FNS/c1-16(2,3)18-12-14(9-10-19-4)11-13-5-7-15(17)8-6-13/h5-8,14,18H,9-12H2,1-4H3. The molecule has 0 saturated carbocycles. The molecule has 0 aliphatic heterocycles. The highest BCUT2D eigenvalue weighted by Gasteiger charge is 2.14. The Balaban J connectivity index is 2.55. The predicted octanol–water partition coefficient (Wildman–Crippen LogP) is 4.13. The van der Waals surface area contributed by atoms with Crippen LogP contribution in [0.1, 0.15) is 32.8 Å². The highest BCUT2D eigenvalue weighted by atomic mass is 32.2. The van der Waals surface area contributed by atoms with Gasteiger partial charge in [-0.1, -0.05) is 12.1 Å². The fourth-order valence-corrected chi connectivity index (χ4v) is 2.53. The molecule has 1 atom stereocenters. The molecule has 108 valence electrons. The number of hydrogen-bond acceptors (Lipinski definition) is 2. The Morgan fingerprint density at radius 3 is 2.37 bits per heavy atom. The van der Waals surface area contributed by atoms with Gasteiger partial charge < -0.3 is 5.32 Å². The van der Waals surface area contributed by atoms with E-state index in [0.717, 1.165) is 13.0 Å². The van der Waals surface area contributed by atoms with Crippen LogP contribution in [0.4, 0.5) is 4.39 Å². The third kappa shape index (κ3) is 7.58. The average molecular weight is 283 g/mol. The minimum absolute atomic E-state index is 0.153. The number of nitrogens with one attached hydrogen (secondary N) is 1. The molecule has 0 aliphatic carbocycles. The Bertz CT molecular complexity index is 356. The fourth-order valence-electron chi connectivity index (χ4n) is 1.97. The molecular weight excluding hydrogens is 257 g/mol. The van der Waals surface area contributed by atoms with E-state index in [-0.39, 0.29) is 11.4 Å². The number of benzene rings is 1. The van der Waals surface area contributed by atoms with Gasteiger partial charge in [-0.05, 0) is 75.8 Å². The van der Waals surface area contributed by atoms with Crippen LogP contribution in [-0.4, -0.2) is 24.1 Å². The van der Waals surface area contributed by atoms with Gasteiger partial charge in [-0.2, -0.15) is 11.8 Å². The van der Waals surface area contributed by atoms with Crippen LogP contribution in [0, 0.1) is 11.7 Å². The summed E-state index contributed by atoms with van der Waals surface area (Å²) < 4.78 is 12.9. The summed E-state index contributed by atoms with van der Waals surface area (Å²) in [7, 11) is 0. The van der Waals surface area contributed by atoms with E-state index in [1.54, 1.807) is 12.1 Å². The second-order valence-corrected chi connectivity index (χ2v) is 7.09. The van der Waals surface area contributed by atoms with Crippen molar-refractivity contribution in [3.05, 3.63) is 35.6 Å². The van der Waals surface area contributed by atoms with Crippen LogP contribution in [0.3, 0.4) is 0 Å². The van der Waals surface area contributed by atoms with Crippen molar-refractivity contribution in [1.29, 1.82) is 0 Å².